The molecule has 2 rings (SSSR count). The van der Waals surface area contributed by atoms with Crippen LogP contribution in [0.1, 0.15) is 34.8 Å². The Balaban J connectivity index is 1.83. The monoisotopic (exact) mass is 389 g/mol. The van der Waals surface area contributed by atoms with Crippen molar-refractivity contribution in [2.75, 3.05) is 13.2 Å². The van der Waals surface area contributed by atoms with E-state index >= 15 is 0 Å². The van der Waals surface area contributed by atoms with E-state index in [-0.39, 0.29) is 10.7 Å². The van der Waals surface area contributed by atoms with Crippen LogP contribution in [0.25, 0.3) is 0 Å². The van der Waals surface area contributed by atoms with Gasteiger partial charge in [-0.2, -0.15) is 4.72 Å². The molecule has 0 atom stereocenters. The lowest BCUT2D eigenvalue weighted by Gasteiger charge is -2.08. The zero-order valence-electron chi connectivity index (χ0n) is 15.4. The van der Waals surface area contributed by atoms with Gasteiger partial charge in [0.25, 0.3) is 0 Å². The molecule has 0 aliphatic heterocycles. The van der Waals surface area contributed by atoms with E-state index in [9.17, 15) is 18.0 Å². The molecule has 0 heterocycles. The van der Waals surface area contributed by atoms with Crippen molar-refractivity contribution in [2.45, 2.75) is 31.6 Å². The van der Waals surface area contributed by atoms with Gasteiger partial charge in [0.2, 0.25) is 10.0 Å². The van der Waals surface area contributed by atoms with E-state index in [0.717, 1.165) is 24.0 Å². The highest BCUT2D eigenvalue weighted by Gasteiger charge is 2.16. The number of nitrogens with one attached hydrogen (secondary N) is 1. The van der Waals surface area contributed by atoms with Crippen LogP contribution in [-0.4, -0.2) is 33.3 Å². The van der Waals surface area contributed by atoms with Crippen LogP contribution in [-0.2, 0) is 26.0 Å². The fraction of sp³-hybridized carbons (Fsp3) is 0.300. The Hall–Kier alpha value is -2.51. The summed E-state index contributed by atoms with van der Waals surface area (Å²) in [6.45, 7) is 2.94. The number of sulfonamides is 1. The van der Waals surface area contributed by atoms with Gasteiger partial charge in [-0.3, -0.25) is 9.59 Å². The van der Waals surface area contributed by atoms with Gasteiger partial charge in [0, 0.05) is 5.56 Å². The zero-order valence-corrected chi connectivity index (χ0v) is 16.2. The Kier molecular flexibility index (Phi) is 7.27. The molecular weight excluding hydrogens is 366 g/mol. The molecular formula is C20H23NO5S. The average molecular weight is 389 g/mol. The molecule has 0 unspecified atom stereocenters. The topological polar surface area (TPSA) is 89.5 Å². The molecule has 144 valence electrons. The predicted octanol–water partition coefficient (Wildman–Crippen LogP) is 2.65. The van der Waals surface area contributed by atoms with E-state index < -0.39 is 29.1 Å². The predicted molar refractivity (Wildman–Crippen MR) is 102 cm³/mol. The van der Waals surface area contributed by atoms with Crippen LogP contribution in [0.5, 0.6) is 0 Å². The molecule has 0 fully saturated rings. The summed E-state index contributed by atoms with van der Waals surface area (Å²) < 4.78 is 31.3. The lowest BCUT2D eigenvalue weighted by atomic mass is 10.1. The van der Waals surface area contributed by atoms with Gasteiger partial charge in [0.15, 0.2) is 12.4 Å². The molecule has 1 N–H and O–H groups in total. The molecule has 0 saturated carbocycles. The number of ketones is 1. The molecule has 2 aromatic rings. The normalized spacial score (nSPS) is 11.2. The number of hydrogen-bond donors (Lipinski definition) is 1. The number of esters is 1. The lowest BCUT2D eigenvalue weighted by Crippen LogP contribution is -2.31. The van der Waals surface area contributed by atoms with E-state index in [2.05, 4.69) is 11.6 Å². The number of carbonyl (C=O) groups excluding carboxylic acids is 2. The third-order valence-corrected chi connectivity index (χ3v) is 5.33. The summed E-state index contributed by atoms with van der Waals surface area (Å²) in [4.78, 5) is 23.9. The maximum absolute atomic E-state index is 12.1. The number of aryl methyl sites for hydroxylation is 2. The van der Waals surface area contributed by atoms with Crippen molar-refractivity contribution in [1.82, 2.24) is 4.72 Å². The first-order valence-electron chi connectivity index (χ1n) is 8.66. The van der Waals surface area contributed by atoms with Crippen LogP contribution in [0.15, 0.2) is 53.4 Å². The molecule has 0 saturated heterocycles. The molecule has 0 bridgehead atoms. The van der Waals surface area contributed by atoms with Gasteiger partial charge in [-0.1, -0.05) is 55.3 Å². The highest BCUT2D eigenvalue weighted by atomic mass is 32.2. The van der Waals surface area contributed by atoms with E-state index in [4.69, 9.17) is 4.74 Å². The van der Waals surface area contributed by atoms with E-state index in [1.807, 2.05) is 19.1 Å². The summed E-state index contributed by atoms with van der Waals surface area (Å²) in [7, 11) is -3.81. The van der Waals surface area contributed by atoms with Crippen molar-refractivity contribution >= 4 is 21.8 Å². The lowest BCUT2D eigenvalue weighted by molar-refractivity contribution is -0.141. The molecule has 6 nitrogen and oxygen atoms in total. The van der Waals surface area contributed by atoms with E-state index in [1.54, 1.807) is 24.3 Å². The smallest absolute Gasteiger partial charge is 0.321 e. The summed E-state index contributed by atoms with van der Waals surface area (Å²) in [6, 6.07) is 13.4. The number of benzene rings is 2. The molecule has 7 heteroatoms. The Bertz CT molecular complexity index is 887. The molecule has 2 aromatic carbocycles. The number of Topliss-reactive ketones (excluding diaryl/α,β-unsaturated/α-hetero) is 1. The van der Waals surface area contributed by atoms with Gasteiger partial charge in [0.1, 0.15) is 6.54 Å². The van der Waals surface area contributed by atoms with Crippen molar-refractivity contribution in [1.29, 1.82) is 0 Å². The highest BCUT2D eigenvalue weighted by Crippen LogP contribution is 2.10. The van der Waals surface area contributed by atoms with Crippen molar-refractivity contribution in [2.24, 2.45) is 0 Å². The van der Waals surface area contributed by atoms with Crippen LogP contribution >= 0.6 is 0 Å². The van der Waals surface area contributed by atoms with Crippen LogP contribution in [0.3, 0.4) is 0 Å². The standard InChI is InChI=1S/C20H23NO5S/c1-3-4-16-7-9-17(10-8-16)19(22)14-26-20(23)13-21-27(24,25)18-11-5-15(2)6-12-18/h5-12,21H,3-4,13-14H2,1-2H3. The van der Waals surface area contributed by atoms with Crippen molar-refractivity contribution < 1.29 is 22.7 Å². The average Bonchev–Trinajstić information content (AvgIpc) is 2.66. The Labute approximate surface area is 159 Å². The van der Waals surface area contributed by atoms with Gasteiger partial charge in [0.05, 0.1) is 4.90 Å². The number of hydrogen-bond acceptors (Lipinski definition) is 5. The zero-order chi connectivity index (χ0) is 19.9. The summed E-state index contributed by atoms with van der Waals surface area (Å²) in [6.07, 6.45) is 1.95. The Morgan fingerprint density at radius 2 is 1.63 bits per heavy atom. The minimum Gasteiger partial charge on any atom is -0.456 e. The first-order chi connectivity index (χ1) is 12.8. The third kappa shape index (κ3) is 6.30. The maximum Gasteiger partial charge on any atom is 0.321 e. The molecule has 0 aliphatic carbocycles. The molecule has 0 spiro atoms. The van der Waals surface area contributed by atoms with Crippen molar-refractivity contribution in [3.63, 3.8) is 0 Å². The minimum absolute atomic E-state index is 0.0594. The first-order valence-corrected chi connectivity index (χ1v) is 10.1. The highest BCUT2D eigenvalue weighted by molar-refractivity contribution is 7.89. The number of ether oxygens (including phenoxy) is 1. The summed E-state index contributed by atoms with van der Waals surface area (Å²) in [5, 5.41) is 0. The largest absolute Gasteiger partial charge is 0.456 e. The molecule has 27 heavy (non-hydrogen) atoms. The van der Waals surface area contributed by atoms with Gasteiger partial charge in [-0.25, -0.2) is 8.42 Å². The van der Waals surface area contributed by atoms with Crippen LogP contribution in [0, 0.1) is 6.92 Å². The SMILES string of the molecule is CCCc1ccc(C(=O)COC(=O)CNS(=O)(=O)c2ccc(C)cc2)cc1. The van der Waals surface area contributed by atoms with Crippen LogP contribution in [0.4, 0.5) is 0 Å². The summed E-state index contributed by atoms with van der Waals surface area (Å²) in [5.74, 6) is -1.16. The second-order valence-corrected chi connectivity index (χ2v) is 7.94. The van der Waals surface area contributed by atoms with E-state index in [0.29, 0.717) is 5.56 Å². The van der Waals surface area contributed by atoms with Crippen LogP contribution < -0.4 is 4.72 Å². The summed E-state index contributed by atoms with van der Waals surface area (Å²) >= 11 is 0. The molecule has 0 radical (unpaired) electrons. The maximum atomic E-state index is 12.1. The number of carbonyl (C=O) groups is 2. The molecule has 0 amide bonds. The Morgan fingerprint density at radius 3 is 2.22 bits per heavy atom. The third-order valence-electron chi connectivity index (χ3n) is 3.92. The second kappa shape index (κ2) is 9.43. The quantitative estimate of drug-likeness (QED) is 0.526. The van der Waals surface area contributed by atoms with Gasteiger partial charge in [-0.15, -0.1) is 0 Å². The van der Waals surface area contributed by atoms with Gasteiger partial charge in [-0.05, 0) is 31.0 Å². The first kappa shape index (κ1) is 20.8. The Morgan fingerprint density at radius 1 is 1.00 bits per heavy atom. The molecule has 0 aliphatic rings. The van der Waals surface area contributed by atoms with Gasteiger partial charge >= 0.3 is 5.97 Å². The minimum atomic E-state index is -3.81. The molecule has 0 aromatic heterocycles. The van der Waals surface area contributed by atoms with E-state index in [1.165, 1.54) is 12.1 Å². The summed E-state index contributed by atoms with van der Waals surface area (Å²) in [5.41, 5.74) is 2.51. The fourth-order valence-corrected chi connectivity index (χ4v) is 3.35. The van der Waals surface area contributed by atoms with Crippen molar-refractivity contribution in [3.8, 4) is 0 Å². The van der Waals surface area contributed by atoms with Crippen LogP contribution in [0.2, 0.25) is 0 Å². The fourth-order valence-electron chi connectivity index (χ4n) is 2.38. The van der Waals surface area contributed by atoms with Crippen molar-refractivity contribution in [3.05, 3.63) is 65.2 Å². The second-order valence-electron chi connectivity index (χ2n) is 6.17. The number of rotatable bonds is 9. The van der Waals surface area contributed by atoms with Gasteiger partial charge < -0.3 is 4.74 Å².